The molecule has 4 rings (SSSR count). The van der Waals surface area contributed by atoms with E-state index in [0.717, 1.165) is 17.1 Å². The third-order valence-corrected chi connectivity index (χ3v) is 5.82. The molecule has 0 saturated carbocycles. The zero-order valence-corrected chi connectivity index (χ0v) is 17.7. The molecule has 1 N–H and O–H groups in total. The highest BCUT2D eigenvalue weighted by Gasteiger charge is 2.18. The Morgan fingerprint density at radius 3 is 2.73 bits per heavy atom. The number of anilines is 1. The number of allylic oxidation sites excluding steroid dienone is 1. The lowest BCUT2D eigenvalue weighted by atomic mass is 10.2. The Labute approximate surface area is 176 Å². The van der Waals surface area contributed by atoms with Crippen LogP contribution in [0.2, 0.25) is 0 Å². The van der Waals surface area contributed by atoms with Gasteiger partial charge in [0.1, 0.15) is 0 Å². The first kappa shape index (κ1) is 19.9. The number of nitrogens with one attached hydrogen (secondary N) is 1. The standard InChI is InChI=1S/C20H21N7O2S/c1-5-10-26-18(29)14-8-6-7-9-15(14)27-19(26)22-23-20(27)30-11-16(28)21-17-12(2)24-25(4)13(17)3/h5-9H,1,10-11H2,2-4H3,(H,21,28). The van der Waals surface area contributed by atoms with Gasteiger partial charge in [-0.15, -0.1) is 16.8 Å². The number of carbonyl (C=O) groups is 1. The summed E-state index contributed by atoms with van der Waals surface area (Å²) < 4.78 is 5.06. The smallest absolute Gasteiger partial charge is 0.263 e. The van der Waals surface area contributed by atoms with Crippen LogP contribution in [0.25, 0.3) is 16.7 Å². The summed E-state index contributed by atoms with van der Waals surface area (Å²) in [7, 11) is 1.84. The molecule has 0 aliphatic carbocycles. The molecule has 0 spiro atoms. The van der Waals surface area contributed by atoms with Gasteiger partial charge in [0.05, 0.1) is 33.7 Å². The molecule has 9 nitrogen and oxygen atoms in total. The maximum Gasteiger partial charge on any atom is 0.263 e. The predicted molar refractivity (Wildman–Crippen MR) is 117 cm³/mol. The van der Waals surface area contributed by atoms with Crippen LogP contribution in [0, 0.1) is 13.8 Å². The van der Waals surface area contributed by atoms with Crippen molar-refractivity contribution in [1.82, 2.24) is 28.9 Å². The number of fused-ring (bicyclic) bond motifs is 3. The largest absolute Gasteiger partial charge is 0.322 e. The second-order valence-corrected chi connectivity index (χ2v) is 7.79. The highest BCUT2D eigenvalue weighted by Crippen LogP contribution is 2.23. The Balaban J connectivity index is 1.67. The summed E-state index contributed by atoms with van der Waals surface area (Å²) in [5.74, 6) is 0.392. The van der Waals surface area contributed by atoms with Crippen molar-refractivity contribution in [3.05, 3.63) is 58.7 Å². The Morgan fingerprint density at radius 1 is 1.27 bits per heavy atom. The summed E-state index contributed by atoms with van der Waals surface area (Å²) in [4.78, 5) is 25.4. The van der Waals surface area contributed by atoms with Gasteiger partial charge < -0.3 is 5.32 Å². The number of carbonyl (C=O) groups excluding carboxylic acids is 1. The molecule has 4 aromatic rings. The van der Waals surface area contributed by atoms with Crippen LogP contribution >= 0.6 is 11.8 Å². The molecule has 0 aliphatic rings. The van der Waals surface area contributed by atoms with Gasteiger partial charge in [0, 0.05) is 13.6 Å². The van der Waals surface area contributed by atoms with Crippen LogP contribution in [0.1, 0.15) is 11.4 Å². The lowest BCUT2D eigenvalue weighted by Gasteiger charge is -2.09. The third kappa shape index (κ3) is 3.28. The molecule has 1 amide bonds. The van der Waals surface area contributed by atoms with Gasteiger partial charge in [0.25, 0.3) is 5.56 Å². The molecule has 0 fully saturated rings. The van der Waals surface area contributed by atoms with Gasteiger partial charge in [-0.3, -0.25) is 23.2 Å². The predicted octanol–water partition coefficient (Wildman–Crippen LogP) is 2.31. The van der Waals surface area contributed by atoms with E-state index in [1.165, 1.54) is 16.3 Å². The second kappa shape index (κ2) is 7.79. The highest BCUT2D eigenvalue weighted by atomic mass is 32.2. The van der Waals surface area contributed by atoms with Crippen molar-refractivity contribution in [3.8, 4) is 0 Å². The van der Waals surface area contributed by atoms with E-state index in [1.807, 2.05) is 39.1 Å². The monoisotopic (exact) mass is 423 g/mol. The fourth-order valence-electron chi connectivity index (χ4n) is 3.38. The number of nitrogens with zero attached hydrogens (tertiary/aromatic N) is 6. The van der Waals surface area contributed by atoms with Gasteiger partial charge in [-0.05, 0) is 26.0 Å². The van der Waals surface area contributed by atoms with Crippen LogP contribution < -0.4 is 10.9 Å². The fraction of sp³-hybridized carbons (Fsp3) is 0.250. The highest BCUT2D eigenvalue weighted by molar-refractivity contribution is 7.99. The minimum atomic E-state index is -0.167. The summed E-state index contributed by atoms with van der Waals surface area (Å²) >= 11 is 1.26. The van der Waals surface area contributed by atoms with E-state index in [0.29, 0.717) is 28.4 Å². The van der Waals surface area contributed by atoms with Crippen molar-refractivity contribution in [2.24, 2.45) is 7.05 Å². The molecule has 3 heterocycles. The minimum Gasteiger partial charge on any atom is -0.322 e. The van der Waals surface area contributed by atoms with Crippen LogP contribution in [0.4, 0.5) is 5.69 Å². The Bertz CT molecular complexity index is 1350. The van der Waals surface area contributed by atoms with Gasteiger partial charge in [-0.1, -0.05) is 30.0 Å². The van der Waals surface area contributed by atoms with Crippen LogP contribution in [0.3, 0.4) is 0 Å². The fourth-order valence-corrected chi connectivity index (χ4v) is 4.12. The molecule has 0 saturated heterocycles. The molecule has 0 aliphatic heterocycles. The average Bonchev–Trinajstić information content (AvgIpc) is 3.26. The second-order valence-electron chi connectivity index (χ2n) is 6.85. The van der Waals surface area contributed by atoms with Crippen molar-refractivity contribution >= 4 is 40.0 Å². The molecule has 3 aromatic heterocycles. The van der Waals surface area contributed by atoms with Gasteiger partial charge in [0.2, 0.25) is 11.7 Å². The first-order chi connectivity index (χ1) is 14.4. The lowest BCUT2D eigenvalue weighted by Crippen LogP contribution is -2.22. The molecule has 0 unspecified atom stereocenters. The first-order valence-electron chi connectivity index (χ1n) is 9.32. The Hall–Kier alpha value is -3.40. The average molecular weight is 424 g/mol. The molecular weight excluding hydrogens is 402 g/mol. The molecule has 1 aromatic carbocycles. The summed E-state index contributed by atoms with van der Waals surface area (Å²) in [6.45, 7) is 7.80. The van der Waals surface area contributed by atoms with Crippen LogP contribution in [-0.2, 0) is 18.4 Å². The normalized spacial score (nSPS) is 11.3. The number of aryl methyl sites for hydroxylation is 2. The summed E-state index contributed by atoms with van der Waals surface area (Å²) in [6.07, 6.45) is 1.64. The van der Waals surface area contributed by atoms with E-state index < -0.39 is 0 Å². The summed E-state index contributed by atoms with van der Waals surface area (Å²) in [5.41, 5.74) is 2.92. The van der Waals surface area contributed by atoms with E-state index in [9.17, 15) is 9.59 Å². The summed E-state index contributed by atoms with van der Waals surface area (Å²) in [6, 6.07) is 7.29. The maximum atomic E-state index is 12.8. The van der Waals surface area contributed by atoms with E-state index in [4.69, 9.17) is 0 Å². The zero-order valence-electron chi connectivity index (χ0n) is 16.9. The molecule has 154 valence electrons. The van der Waals surface area contributed by atoms with E-state index >= 15 is 0 Å². The minimum absolute atomic E-state index is 0.142. The van der Waals surface area contributed by atoms with Gasteiger partial charge in [-0.25, -0.2) is 0 Å². The van der Waals surface area contributed by atoms with Crippen LogP contribution in [0.5, 0.6) is 0 Å². The Morgan fingerprint density at radius 2 is 2.03 bits per heavy atom. The van der Waals surface area contributed by atoms with Crippen molar-refractivity contribution in [1.29, 1.82) is 0 Å². The number of para-hydroxylation sites is 1. The zero-order chi connectivity index (χ0) is 21.4. The van der Waals surface area contributed by atoms with E-state index in [-0.39, 0.29) is 17.2 Å². The molecule has 0 radical (unpaired) electrons. The first-order valence-corrected chi connectivity index (χ1v) is 10.3. The quantitative estimate of drug-likeness (QED) is 0.377. The topological polar surface area (TPSA) is 99.1 Å². The third-order valence-electron chi connectivity index (χ3n) is 4.90. The Kier molecular flexibility index (Phi) is 5.17. The number of benzene rings is 1. The molecular formula is C20H21N7O2S. The number of thioether (sulfide) groups is 1. The van der Waals surface area contributed by atoms with Gasteiger partial charge in [0.15, 0.2) is 5.16 Å². The number of amides is 1. The van der Waals surface area contributed by atoms with E-state index in [2.05, 4.69) is 27.2 Å². The SMILES string of the molecule is C=CCn1c(=O)c2ccccc2n2c(SCC(=O)Nc3c(C)nn(C)c3C)nnc12. The van der Waals surface area contributed by atoms with E-state index in [1.54, 1.807) is 21.2 Å². The van der Waals surface area contributed by atoms with Crippen molar-refractivity contribution < 1.29 is 4.79 Å². The molecule has 0 bridgehead atoms. The van der Waals surface area contributed by atoms with Gasteiger partial charge >= 0.3 is 0 Å². The number of aromatic nitrogens is 6. The number of hydrogen-bond donors (Lipinski definition) is 1. The summed E-state index contributed by atoms with van der Waals surface area (Å²) in [5, 5.41) is 16.8. The van der Waals surface area contributed by atoms with Crippen LogP contribution in [0.15, 0.2) is 46.9 Å². The molecule has 30 heavy (non-hydrogen) atoms. The lowest BCUT2D eigenvalue weighted by molar-refractivity contribution is -0.113. The van der Waals surface area contributed by atoms with Crippen molar-refractivity contribution in [2.45, 2.75) is 25.5 Å². The molecule has 0 atom stereocenters. The van der Waals surface area contributed by atoms with Crippen molar-refractivity contribution in [2.75, 3.05) is 11.1 Å². The van der Waals surface area contributed by atoms with Gasteiger partial charge in [-0.2, -0.15) is 5.10 Å². The van der Waals surface area contributed by atoms with Crippen molar-refractivity contribution in [3.63, 3.8) is 0 Å². The maximum absolute atomic E-state index is 12.8. The number of rotatable bonds is 6. The number of hydrogen-bond acceptors (Lipinski definition) is 6. The van der Waals surface area contributed by atoms with Crippen LogP contribution in [-0.4, -0.2) is 40.6 Å². The molecule has 10 heteroatoms.